The van der Waals surface area contributed by atoms with E-state index in [2.05, 4.69) is 5.32 Å². The van der Waals surface area contributed by atoms with E-state index in [0.717, 1.165) is 11.3 Å². The van der Waals surface area contributed by atoms with E-state index in [1.165, 1.54) is 0 Å². The van der Waals surface area contributed by atoms with Crippen molar-refractivity contribution in [3.05, 3.63) is 53.1 Å². The Kier molecular flexibility index (Phi) is 3.67. The van der Waals surface area contributed by atoms with Gasteiger partial charge >= 0.3 is 0 Å². The molecule has 2 aromatic carbocycles. The minimum atomic E-state index is -0.636. The summed E-state index contributed by atoms with van der Waals surface area (Å²) in [7, 11) is 0. The van der Waals surface area contributed by atoms with Gasteiger partial charge in [0.25, 0.3) is 0 Å². The molecular formula is C15H14ClNO3. The highest BCUT2D eigenvalue weighted by molar-refractivity contribution is 6.30. The normalized spacial score (nSPS) is 14.1. The maximum absolute atomic E-state index is 10.2. The first-order chi connectivity index (χ1) is 9.72. The lowest BCUT2D eigenvalue weighted by atomic mass is 10.1. The van der Waals surface area contributed by atoms with E-state index in [0.29, 0.717) is 23.1 Å². The predicted octanol–water partition coefficient (Wildman–Crippen LogP) is 3.21. The highest BCUT2D eigenvalue weighted by Crippen LogP contribution is 2.34. The summed E-state index contributed by atoms with van der Waals surface area (Å²) in [5.41, 5.74) is 1.65. The number of aliphatic hydroxyl groups excluding tert-OH is 1. The number of hydrogen-bond acceptors (Lipinski definition) is 4. The first-order valence-corrected chi connectivity index (χ1v) is 6.67. The van der Waals surface area contributed by atoms with Crippen LogP contribution in [0.25, 0.3) is 0 Å². The van der Waals surface area contributed by atoms with Gasteiger partial charge in [0.15, 0.2) is 11.5 Å². The van der Waals surface area contributed by atoms with Gasteiger partial charge in [-0.15, -0.1) is 0 Å². The standard InChI is InChI=1S/C15H14ClNO3/c16-11-2-1-3-12(7-11)17-8-13(18)10-4-5-14-15(6-10)20-9-19-14/h1-7,13,17-18H,8-9H2. The molecular weight excluding hydrogens is 278 g/mol. The molecule has 1 aliphatic rings. The fourth-order valence-corrected chi connectivity index (χ4v) is 2.24. The number of fused-ring (bicyclic) bond motifs is 1. The van der Waals surface area contributed by atoms with Gasteiger partial charge in [0.1, 0.15) is 0 Å². The highest BCUT2D eigenvalue weighted by atomic mass is 35.5. The quantitative estimate of drug-likeness (QED) is 0.908. The third-order valence-corrected chi connectivity index (χ3v) is 3.34. The molecule has 0 spiro atoms. The largest absolute Gasteiger partial charge is 0.454 e. The van der Waals surface area contributed by atoms with Gasteiger partial charge in [-0.05, 0) is 35.9 Å². The summed E-state index contributed by atoms with van der Waals surface area (Å²) in [6.45, 7) is 0.621. The Bertz CT molecular complexity index is 618. The van der Waals surface area contributed by atoms with Crippen molar-refractivity contribution in [2.24, 2.45) is 0 Å². The third-order valence-electron chi connectivity index (χ3n) is 3.11. The average molecular weight is 292 g/mol. The van der Waals surface area contributed by atoms with Crippen LogP contribution in [-0.4, -0.2) is 18.4 Å². The van der Waals surface area contributed by atoms with E-state index in [1.807, 2.05) is 24.3 Å². The molecule has 2 aromatic rings. The molecule has 1 heterocycles. The van der Waals surface area contributed by atoms with Crippen LogP contribution >= 0.6 is 11.6 Å². The van der Waals surface area contributed by atoms with Gasteiger partial charge in [0.05, 0.1) is 6.10 Å². The van der Waals surface area contributed by atoms with Crippen molar-refractivity contribution in [2.75, 3.05) is 18.7 Å². The molecule has 0 saturated heterocycles. The lowest BCUT2D eigenvalue weighted by Gasteiger charge is -2.13. The molecule has 5 heteroatoms. The molecule has 0 aliphatic carbocycles. The van der Waals surface area contributed by atoms with Crippen LogP contribution in [0.2, 0.25) is 5.02 Å². The molecule has 0 bridgehead atoms. The molecule has 0 amide bonds. The number of rotatable bonds is 4. The lowest BCUT2D eigenvalue weighted by Crippen LogP contribution is -2.12. The zero-order valence-corrected chi connectivity index (χ0v) is 11.4. The van der Waals surface area contributed by atoms with Crippen molar-refractivity contribution in [2.45, 2.75) is 6.10 Å². The van der Waals surface area contributed by atoms with Gasteiger partial charge in [-0.25, -0.2) is 0 Å². The molecule has 1 atom stereocenters. The second-order valence-corrected chi connectivity index (χ2v) is 4.96. The molecule has 0 aromatic heterocycles. The van der Waals surface area contributed by atoms with Gasteiger partial charge in [-0.1, -0.05) is 23.7 Å². The molecule has 0 saturated carbocycles. The first-order valence-electron chi connectivity index (χ1n) is 6.29. The van der Waals surface area contributed by atoms with Gasteiger partial charge in [0.2, 0.25) is 6.79 Å². The Morgan fingerprint density at radius 2 is 2.00 bits per heavy atom. The van der Waals surface area contributed by atoms with Gasteiger partial charge in [-0.3, -0.25) is 0 Å². The smallest absolute Gasteiger partial charge is 0.231 e. The topological polar surface area (TPSA) is 50.7 Å². The van der Waals surface area contributed by atoms with Crippen LogP contribution in [0, 0.1) is 0 Å². The van der Waals surface area contributed by atoms with Crippen LogP contribution < -0.4 is 14.8 Å². The van der Waals surface area contributed by atoms with E-state index in [-0.39, 0.29) is 6.79 Å². The SMILES string of the molecule is OC(CNc1cccc(Cl)c1)c1ccc2c(c1)OCO2. The summed E-state index contributed by atoms with van der Waals surface area (Å²) in [4.78, 5) is 0. The van der Waals surface area contributed by atoms with E-state index in [9.17, 15) is 5.11 Å². The fourth-order valence-electron chi connectivity index (χ4n) is 2.05. The Hall–Kier alpha value is -1.91. The Morgan fingerprint density at radius 1 is 1.15 bits per heavy atom. The van der Waals surface area contributed by atoms with Crippen LogP contribution in [0.15, 0.2) is 42.5 Å². The highest BCUT2D eigenvalue weighted by Gasteiger charge is 2.16. The van der Waals surface area contributed by atoms with Crippen LogP contribution in [0.5, 0.6) is 11.5 Å². The van der Waals surface area contributed by atoms with Gasteiger partial charge < -0.3 is 19.9 Å². The predicted molar refractivity (Wildman–Crippen MR) is 77.5 cm³/mol. The second kappa shape index (κ2) is 5.61. The summed E-state index contributed by atoms with van der Waals surface area (Å²) in [6, 6.07) is 12.8. The van der Waals surface area contributed by atoms with Crippen molar-refractivity contribution < 1.29 is 14.6 Å². The number of aliphatic hydroxyl groups is 1. The maximum atomic E-state index is 10.2. The third kappa shape index (κ3) is 2.81. The average Bonchev–Trinajstić information content (AvgIpc) is 2.92. The van der Waals surface area contributed by atoms with Crippen molar-refractivity contribution in [3.8, 4) is 11.5 Å². The number of hydrogen-bond donors (Lipinski definition) is 2. The van der Waals surface area contributed by atoms with Crippen molar-refractivity contribution in [1.82, 2.24) is 0 Å². The summed E-state index contributed by atoms with van der Waals surface area (Å²) < 4.78 is 10.5. The zero-order chi connectivity index (χ0) is 13.9. The minimum Gasteiger partial charge on any atom is -0.454 e. The van der Waals surface area contributed by atoms with Gasteiger partial charge in [0, 0.05) is 17.3 Å². The molecule has 4 nitrogen and oxygen atoms in total. The minimum absolute atomic E-state index is 0.232. The van der Waals surface area contributed by atoms with Crippen LogP contribution in [0.3, 0.4) is 0 Å². The Morgan fingerprint density at radius 3 is 2.85 bits per heavy atom. The monoisotopic (exact) mass is 291 g/mol. The van der Waals surface area contributed by atoms with E-state index < -0.39 is 6.10 Å². The summed E-state index contributed by atoms with van der Waals surface area (Å²) >= 11 is 5.91. The molecule has 1 unspecified atom stereocenters. The molecule has 20 heavy (non-hydrogen) atoms. The van der Waals surface area contributed by atoms with Crippen LogP contribution in [0.1, 0.15) is 11.7 Å². The number of nitrogens with one attached hydrogen (secondary N) is 1. The fraction of sp³-hybridized carbons (Fsp3) is 0.200. The first kappa shape index (κ1) is 13.1. The summed E-state index contributed by atoms with van der Waals surface area (Å²) in [5, 5.41) is 14.0. The maximum Gasteiger partial charge on any atom is 0.231 e. The zero-order valence-electron chi connectivity index (χ0n) is 10.7. The van der Waals surface area contributed by atoms with E-state index >= 15 is 0 Å². The molecule has 0 radical (unpaired) electrons. The van der Waals surface area contributed by atoms with Crippen molar-refractivity contribution >= 4 is 17.3 Å². The summed E-state index contributed by atoms with van der Waals surface area (Å²) in [5.74, 6) is 1.38. The molecule has 1 aliphatic heterocycles. The second-order valence-electron chi connectivity index (χ2n) is 4.52. The molecule has 2 N–H and O–H groups in total. The van der Waals surface area contributed by atoms with E-state index in [4.69, 9.17) is 21.1 Å². The lowest BCUT2D eigenvalue weighted by molar-refractivity contribution is 0.173. The number of anilines is 1. The summed E-state index contributed by atoms with van der Waals surface area (Å²) in [6.07, 6.45) is -0.636. The van der Waals surface area contributed by atoms with Gasteiger partial charge in [-0.2, -0.15) is 0 Å². The number of ether oxygens (including phenoxy) is 2. The van der Waals surface area contributed by atoms with Crippen molar-refractivity contribution in [3.63, 3.8) is 0 Å². The molecule has 0 fully saturated rings. The Balaban J connectivity index is 1.66. The Labute approximate surface area is 121 Å². The molecule has 104 valence electrons. The molecule has 3 rings (SSSR count). The van der Waals surface area contributed by atoms with E-state index in [1.54, 1.807) is 18.2 Å². The van der Waals surface area contributed by atoms with Crippen molar-refractivity contribution in [1.29, 1.82) is 0 Å². The number of halogens is 1. The number of benzene rings is 2. The van der Waals surface area contributed by atoms with Crippen LogP contribution in [-0.2, 0) is 0 Å². The van der Waals surface area contributed by atoms with Crippen LogP contribution in [0.4, 0.5) is 5.69 Å².